The number of nitrogens with one attached hydrogen (secondary N) is 1. The van der Waals surface area contributed by atoms with E-state index in [2.05, 4.69) is 5.32 Å². The van der Waals surface area contributed by atoms with E-state index >= 15 is 0 Å². The lowest BCUT2D eigenvalue weighted by atomic mass is 10.0. The number of hydrogen-bond acceptors (Lipinski definition) is 4. The number of carboxylic acid groups (broad SMARTS) is 2. The maximum atomic E-state index is 12.5. The molecular formula is C16H15NO6. The van der Waals surface area contributed by atoms with Gasteiger partial charge in [0, 0.05) is 0 Å². The molecule has 0 unspecified atom stereocenters. The first-order chi connectivity index (χ1) is 10.9. The molecule has 23 heavy (non-hydrogen) atoms. The van der Waals surface area contributed by atoms with Crippen molar-refractivity contribution in [1.82, 2.24) is 5.32 Å². The van der Waals surface area contributed by atoms with Crippen LogP contribution in [0, 0.1) is 0 Å². The summed E-state index contributed by atoms with van der Waals surface area (Å²) < 4.78 is 5.17. The van der Waals surface area contributed by atoms with Crippen LogP contribution in [-0.4, -0.2) is 41.2 Å². The Labute approximate surface area is 131 Å². The molecule has 0 saturated carbocycles. The number of carbonyl (C=O) groups is 3. The fourth-order valence-corrected chi connectivity index (χ4v) is 2.26. The van der Waals surface area contributed by atoms with E-state index in [9.17, 15) is 14.4 Å². The normalized spacial score (nSPS) is 11.7. The van der Waals surface area contributed by atoms with Gasteiger partial charge in [-0.25, -0.2) is 4.79 Å². The van der Waals surface area contributed by atoms with Gasteiger partial charge >= 0.3 is 11.9 Å². The van der Waals surface area contributed by atoms with Gasteiger partial charge in [0.1, 0.15) is 11.8 Å². The topological polar surface area (TPSA) is 113 Å². The van der Waals surface area contributed by atoms with Crippen LogP contribution in [0.1, 0.15) is 16.8 Å². The molecule has 1 atom stereocenters. The summed E-state index contributed by atoms with van der Waals surface area (Å²) in [6, 6.07) is 8.91. The summed E-state index contributed by atoms with van der Waals surface area (Å²) in [5, 5.41) is 21.4. The second-order valence-electron chi connectivity index (χ2n) is 4.83. The van der Waals surface area contributed by atoms with Crippen molar-refractivity contribution in [2.24, 2.45) is 0 Å². The first-order valence-electron chi connectivity index (χ1n) is 6.75. The standard InChI is InChI=1S/C16H15NO6/c1-23-12-7-6-9-4-2-3-5-10(9)14(12)15(20)17-11(16(21)22)8-13(18)19/h2-7,11H,8H2,1H3,(H,17,20)(H,18,19)(H,21,22)/t11-/m0/s1. The van der Waals surface area contributed by atoms with Crippen molar-refractivity contribution >= 4 is 28.6 Å². The van der Waals surface area contributed by atoms with Gasteiger partial charge in [-0.3, -0.25) is 9.59 Å². The summed E-state index contributed by atoms with van der Waals surface area (Å²) in [6.07, 6.45) is -0.714. The number of methoxy groups -OCH3 is 1. The number of ether oxygens (including phenoxy) is 1. The third-order valence-corrected chi connectivity index (χ3v) is 3.32. The third kappa shape index (κ3) is 3.57. The van der Waals surface area contributed by atoms with E-state index in [4.69, 9.17) is 14.9 Å². The monoisotopic (exact) mass is 317 g/mol. The van der Waals surface area contributed by atoms with Crippen molar-refractivity contribution in [2.45, 2.75) is 12.5 Å². The minimum Gasteiger partial charge on any atom is -0.496 e. The van der Waals surface area contributed by atoms with E-state index in [1.54, 1.807) is 36.4 Å². The van der Waals surface area contributed by atoms with Gasteiger partial charge in [-0.2, -0.15) is 0 Å². The largest absolute Gasteiger partial charge is 0.496 e. The lowest BCUT2D eigenvalue weighted by Crippen LogP contribution is -2.42. The predicted octanol–water partition coefficient (Wildman–Crippen LogP) is 1.51. The molecule has 7 heteroatoms. The SMILES string of the molecule is COc1ccc2ccccc2c1C(=O)N[C@@H](CC(=O)O)C(=O)O. The molecule has 0 aliphatic carbocycles. The number of rotatable bonds is 6. The minimum absolute atomic E-state index is 0.169. The maximum Gasteiger partial charge on any atom is 0.326 e. The number of fused-ring (bicyclic) bond motifs is 1. The van der Waals surface area contributed by atoms with Crippen LogP contribution in [0.5, 0.6) is 5.75 Å². The molecule has 0 aliphatic rings. The van der Waals surface area contributed by atoms with Gasteiger partial charge in [-0.15, -0.1) is 0 Å². The van der Waals surface area contributed by atoms with Crippen molar-refractivity contribution in [3.63, 3.8) is 0 Å². The van der Waals surface area contributed by atoms with Gasteiger partial charge in [0.05, 0.1) is 19.1 Å². The second kappa shape index (κ2) is 6.78. The molecule has 0 saturated heterocycles. The van der Waals surface area contributed by atoms with Crippen LogP contribution < -0.4 is 10.1 Å². The third-order valence-electron chi connectivity index (χ3n) is 3.32. The number of amides is 1. The molecule has 2 aromatic carbocycles. The van der Waals surface area contributed by atoms with Crippen LogP contribution in [0.15, 0.2) is 36.4 Å². The molecule has 0 heterocycles. The molecule has 2 rings (SSSR count). The van der Waals surface area contributed by atoms with Crippen LogP contribution in [0.3, 0.4) is 0 Å². The maximum absolute atomic E-state index is 12.5. The molecule has 0 fully saturated rings. The Hall–Kier alpha value is -3.09. The lowest BCUT2D eigenvalue weighted by molar-refractivity contribution is -0.145. The summed E-state index contributed by atoms with van der Waals surface area (Å²) in [7, 11) is 1.40. The van der Waals surface area contributed by atoms with E-state index in [0.717, 1.165) is 5.39 Å². The molecule has 2 aromatic rings. The van der Waals surface area contributed by atoms with Gasteiger partial charge in [-0.1, -0.05) is 30.3 Å². The Balaban J connectivity index is 2.43. The van der Waals surface area contributed by atoms with Crippen LogP contribution in [0.25, 0.3) is 10.8 Å². The Bertz CT molecular complexity index is 770. The van der Waals surface area contributed by atoms with Crippen LogP contribution >= 0.6 is 0 Å². The van der Waals surface area contributed by atoms with E-state index < -0.39 is 30.3 Å². The number of benzene rings is 2. The molecule has 120 valence electrons. The molecule has 0 aliphatic heterocycles. The van der Waals surface area contributed by atoms with E-state index in [0.29, 0.717) is 5.39 Å². The molecule has 0 bridgehead atoms. The first kappa shape index (κ1) is 16.3. The molecule has 1 amide bonds. The molecule has 7 nitrogen and oxygen atoms in total. The van der Waals surface area contributed by atoms with Crippen LogP contribution in [-0.2, 0) is 9.59 Å². The van der Waals surface area contributed by atoms with Crippen molar-refractivity contribution in [3.05, 3.63) is 42.0 Å². The van der Waals surface area contributed by atoms with Crippen molar-refractivity contribution < 1.29 is 29.3 Å². The summed E-state index contributed by atoms with van der Waals surface area (Å²) in [5.41, 5.74) is 0.169. The van der Waals surface area contributed by atoms with Crippen molar-refractivity contribution in [3.8, 4) is 5.75 Å². The summed E-state index contributed by atoms with van der Waals surface area (Å²) in [6.45, 7) is 0. The molecule has 0 spiro atoms. The number of carbonyl (C=O) groups excluding carboxylic acids is 1. The number of aliphatic carboxylic acids is 2. The second-order valence-corrected chi connectivity index (χ2v) is 4.83. The van der Waals surface area contributed by atoms with E-state index in [1.165, 1.54) is 7.11 Å². The Morgan fingerprint density at radius 2 is 1.83 bits per heavy atom. The summed E-state index contributed by atoms with van der Waals surface area (Å²) in [5.74, 6) is -3.16. The zero-order chi connectivity index (χ0) is 17.0. The van der Waals surface area contributed by atoms with E-state index in [1.807, 2.05) is 0 Å². The van der Waals surface area contributed by atoms with Gasteiger partial charge in [0.25, 0.3) is 5.91 Å². The average molecular weight is 317 g/mol. The van der Waals surface area contributed by atoms with E-state index in [-0.39, 0.29) is 11.3 Å². The van der Waals surface area contributed by atoms with Gasteiger partial charge in [0.2, 0.25) is 0 Å². The Morgan fingerprint density at radius 1 is 1.13 bits per heavy atom. The summed E-state index contributed by atoms with van der Waals surface area (Å²) in [4.78, 5) is 34.3. The highest BCUT2D eigenvalue weighted by Gasteiger charge is 2.26. The smallest absolute Gasteiger partial charge is 0.326 e. The Morgan fingerprint density at radius 3 is 2.43 bits per heavy atom. The van der Waals surface area contributed by atoms with Crippen molar-refractivity contribution in [1.29, 1.82) is 0 Å². The molecule has 0 radical (unpaired) electrons. The highest BCUT2D eigenvalue weighted by atomic mass is 16.5. The van der Waals surface area contributed by atoms with Gasteiger partial charge in [-0.05, 0) is 16.8 Å². The lowest BCUT2D eigenvalue weighted by Gasteiger charge is -2.16. The highest BCUT2D eigenvalue weighted by Crippen LogP contribution is 2.28. The van der Waals surface area contributed by atoms with Crippen LogP contribution in [0.4, 0.5) is 0 Å². The fourth-order valence-electron chi connectivity index (χ4n) is 2.26. The predicted molar refractivity (Wildman–Crippen MR) is 81.6 cm³/mol. The minimum atomic E-state index is -1.52. The quantitative estimate of drug-likeness (QED) is 0.744. The first-order valence-corrected chi connectivity index (χ1v) is 6.75. The molecular weight excluding hydrogens is 302 g/mol. The highest BCUT2D eigenvalue weighted by molar-refractivity contribution is 6.10. The number of carboxylic acids is 2. The Kier molecular flexibility index (Phi) is 4.80. The number of hydrogen-bond donors (Lipinski definition) is 3. The van der Waals surface area contributed by atoms with Crippen molar-refractivity contribution in [2.75, 3.05) is 7.11 Å². The fraction of sp³-hybridized carbons (Fsp3) is 0.188. The summed E-state index contributed by atoms with van der Waals surface area (Å²) >= 11 is 0. The zero-order valence-electron chi connectivity index (χ0n) is 12.3. The molecule has 0 aromatic heterocycles. The average Bonchev–Trinajstić information content (AvgIpc) is 2.52. The molecule has 3 N–H and O–H groups in total. The zero-order valence-corrected chi connectivity index (χ0v) is 12.3. The van der Waals surface area contributed by atoms with Gasteiger partial charge < -0.3 is 20.3 Å². The van der Waals surface area contributed by atoms with Crippen LogP contribution in [0.2, 0.25) is 0 Å². The van der Waals surface area contributed by atoms with Gasteiger partial charge in [0.15, 0.2) is 0 Å².